The van der Waals surface area contributed by atoms with Gasteiger partial charge in [-0.15, -0.1) is 0 Å². The molecule has 0 aliphatic heterocycles. The van der Waals surface area contributed by atoms with Crippen LogP contribution in [0.25, 0.3) is 0 Å². The second-order valence-electron chi connectivity index (χ2n) is 5.42. The maximum absolute atomic E-state index is 11.3. The van der Waals surface area contributed by atoms with Gasteiger partial charge in [0.2, 0.25) is 5.91 Å². The first kappa shape index (κ1) is 15.5. The van der Waals surface area contributed by atoms with Gasteiger partial charge in [-0.1, -0.05) is 46.0 Å². The van der Waals surface area contributed by atoms with Crippen LogP contribution in [0.1, 0.15) is 74.1 Å². The van der Waals surface area contributed by atoms with Crippen molar-refractivity contribution in [3.63, 3.8) is 0 Å². The highest BCUT2D eigenvalue weighted by atomic mass is 16.1. The summed E-state index contributed by atoms with van der Waals surface area (Å²) in [5.41, 5.74) is 0. The SMILES string of the molecule is CC(C)CCCCCCCC(=O)NC(C)C.[HH]. The van der Waals surface area contributed by atoms with Gasteiger partial charge in [-0.2, -0.15) is 0 Å². The summed E-state index contributed by atoms with van der Waals surface area (Å²) in [7, 11) is 0. The molecule has 1 N–H and O–H groups in total. The Kier molecular flexibility index (Phi) is 9.36. The molecule has 0 saturated carbocycles. The molecule has 0 saturated heterocycles. The summed E-state index contributed by atoms with van der Waals surface area (Å²) in [5, 5.41) is 2.92. The van der Waals surface area contributed by atoms with E-state index >= 15 is 0 Å². The molecular weight excluding hydrogens is 198 g/mol. The van der Waals surface area contributed by atoms with Crippen LogP contribution < -0.4 is 5.32 Å². The Hall–Kier alpha value is -0.530. The van der Waals surface area contributed by atoms with Crippen LogP contribution in [0, 0.1) is 5.92 Å². The molecule has 0 aliphatic rings. The minimum atomic E-state index is 0. The van der Waals surface area contributed by atoms with Crippen LogP contribution in [0.3, 0.4) is 0 Å². The zero-order valence-electron chi connectivity index (χ0n) is 11.5. The second-order valence-corrected chi connectivity index (χ2v) is 5.42. The van der Waals surface area contributed by atoms with Crippen LogP contribution in [-0.2, 0) is 4.79 Å². The van der Waals surface area contributed by atoms with E-state index in [9.17, 15) is 4.79 Å². The van der Waals surface area contributed by atoms with Crippen molar-refractivity contribution in [3.8, 4) is 0 Å². The molecule has 1 amide bonds. The van der Waals surface area contributed by atoms with E-state index in [1.54, 1.807) is 0 Å². The molecule has 0 aromatic carbocycles. The molecule has 0 bridgehead atoms. The van der Waals surface area contributed by atoms with Crippen molar-refractivity contribution in [1.82, 2.24) is 5.32 Å². The lowest BCUT2D eigenvalue weighted by Gasteiger charge is -2.08. The van der Waals surface area contributed by atoms with Gasteiger partial charge in [0, 0.05) is 13.9 Å². The van der Waals surface area contributed by atoms with Crippen LogP contribution in [-0.4, -0.2) is 11.9 Å². The van der Waals surface area contributed by atoms with E-state index in [-0.39, 0.29) is 13.4 Å². The fraction of sp³-hybridized carbons (Fsp3) is 0.929. The largest absolute Gasteiger partial charge is 0.354 e. The van der Waals surface area contributed by atoms with Gasteiger partial charge < -0.3 is 5.32 Å². The molecule has 0 fully saturated rings. The quantitative estimate of drug-likeness (QED) is 0.591. The lowest BCUT2D eigenvalue weighted by molar-refractivity contribution is -0.121. The predicted octanol–water partition coefficient (Wildman–Crippen LogP) is 4.14. The summed E-state index contributed by atoms with van der Waals surface area (Å²) in [6, 6.07) is 0.276. The highest BCUT2D eigenvalue weighted by molar-refractivity contribution is 5.76. The molecule has 0 atom stereocenters. The number of carbonyl (C=O) groups is 1. The monoisotopic (exact) mass is 229 g/mol. The number of carbonyl (C=O) groups excluding carboxylic acids is 1. The molecule has 98 valence electrons. The van der Waals surface area contributed by atoms with Crippen LogP contribution in [0.5, 0.6) is 0 Å². The van der Waals surface area contributed by atoms with Gasteiger partial charge in [0.1, 0.15) is 0 Å². The average Bonchev–Trinajstić information content (AvgIpc) is 2.14. The lowest BCUT2D eigenvalue weighted by Crippen LogP contribution is -2.29. The van der Waals surface area contributed by atoms with Crippen molar-refractivity contribution < 1.29 is 6.22 Å². The third-order valence-corrected chi connectivity index (χ3v) is 2.63. The van der Waals surface area contributed by atoms with E-state index in [1.807, 2.05) is 13.8 Å². The molecule has 0 unspecified atom stereocenters. The van der Waals surface area contributed by atoms with Gasteiger partial charge in [0.05, 0.1) is 0 Å². The van der Waals surface area contributed by atoms with Gasteiger partial charge in [0.15, 0.2) is 0 Å². The smallest absolute Gasteiger partial charge is 0.220 e. The average molecular weight is 229 g/mol. The maximum Gasteiger partial charge on any atom is 0.220 e. The molecule has 0 aromatic rings. The van der Waals surface area contributed by atoms with Crippen molar-refractivity contribution in [1.29, 1.82) is 0 Å². The predicted molar refractivity (Wildman–Crippen MR) is 72.5 cm³/mol. The summed E-state index contributed by atoms with van der Waals surface area (Å²) in [6.07, 6.45) is 8.22. The maximum atomic E-state index is 11.3. The number of hydrogen-bond donors (Lipinski definition) is 1. The topological polar surface area (TPSA) is 29.1 Å². The fourth-order valence-corrected chi connectivity index (χ4v) is 1.76. The number of hydrogen-bond acceptors (Lipinski definition) is 1. The van der Waals surface area contributed by atoms with Crippen LogP contribution in [0.2, 0.25) is 0 Å². The van der Waals surface area contributed by atoms with Crippen molar-refractivity contribution in [2.75, 3.05) is 0 Å². The second kappa shape index (κ2) is 9.68. The minimum absolute atomic E-state index is 0. The van der Waals surface area contributed by atoms with Crippen molar-refractivity contribution >= 4 is 5.91 Å². The lowest BCUT2D eigenvalue weighted by atomic mass is 10.0. The molecule has 0 aliphatic carbocycles. The Morgan fingerprint density at radius 3 is 2.12 bits per heavy atom. The first-order valence-corrected chi connectivity index (χ1v) is 6.81. The fourth-order valence-electron chi connectivity index (χ4n) is 1.76. The Labute approximate surface area is 103 Å². The standard InChI is InChI=1S/C14H29NO.H2/c1-12(2)10-8-6-5-7-9-11-14(16)15-13(3)4;/h12-13H,5-11H2,1-4H3,(H,15,16);1H. The third-order valence-electron chi connectivity index (χ3n) is 2.63. The van der Waals surface area contributed by atoms with E-state index in [1.165, 1.54) is 32.1 Å². The highest BCUT2D eigenvalue weighted by Crippen LogP contribution is 2.11. The summed E-state index contributed by atoms with van der Waals surface area (Å²) >= 11 is 0. The van der Waals surface area contributed by atoms with E-state index < -0.39 is 0 Å². The van der Waals surface area contributed by atoms with Crippen LogP contribution in [0.4, 0.5) is 0 Å². The van der Waals surface area contributed by atoms with Gasteiger partial charge in [0.25, 0.3) is 0 Å². The number of unbranched alkanes of at least 4 members (excludes halogenated alkanes) is 4. The minimum Gasteiger partial charge on any atom is -0.354 e. The Morgan fingerprint density at radius 1 is 1.00 bits per heavy atom. The summed E-state index contributed by atoms with van der Waals surface area (Å²) in [4.78, 5) is 11.3. The van der Waals surface area contributed by atoms with E-state index in [2.05, 4.69) is 19.2 Å². The van der Waals surface area contributed by atoms with Crippen LogP contribution >= 0.6 is 0 Å². The van der Waals surface area contributed by atoms with E-state index in [0.29, 0.717) is 6.42 Å². The van der Waals surface area contributed by atoms with Gasteiger partial charge in [-0.3, -0.25) is 4.79 Å². The Bertz CT molecular complexity index is 181. The Balaban J connectivity index is 0. The van der Waals surface area contributed by atoms with Crippen molar-refractivity contribution in [2.45, 2.75) is 78.7 Å². The summed E-state index contributed by atoms with van der Waals surface area (Å²) in [5.74, 6) is 1.04. The van der Waals surface area contributed by atoms with Gasteiger partial charge in [-0.25, -0.2) is 0 Å². The summed E-state index contributed by atoms with van der Waals surface area (Å²) < 4.78 is 0. The molecule has 0 rings (SSSR count). The molecule has 0 heterocycles. The van der Waals surface area contributed by atoms with Gasteiger partial charge >= 0.3 is 0 Å². The third kappa shape index (κ3) is 11.5. The summed E-state index contributed by atoms with van der Waals surface area (Å²) in [6.45, 7) is 8.56. The van der Waals surface area contributed by atoms with E-state index in [4.69, 9.17) is 0 Å². The van der Waals surface area contributed by atoms with E-state index in [0.717, 1.165) is 12.3 Å². The van der Waals surface area contributed by atoms with Crippen molar-refractivity contribution in [2.24, 2.45) is 5.92 Å². The first-order valence-electron chi connectivity index (χ1n) is 6.81. The van der Waals surface area contributed by atoms with Gasteiger partial charge in [-0.05, 0) is 26.2 Å². The number of amides is 1. The van der Waals surface area contributed by atoms with Crippen LogP contribution in [0.15, 0.2) is 0 Å². The molecule has 0 radical (unpaired) electrons. The zero-order chi connectivity index (χ0) is 12.4. The molecule has 2 heteroatoms. The highest BCUT2D eigenvalue weighted by Gasteiger charge is 2.02. The molecular formula is C14H31NO. The molecule has 0 spiro atoms. The Morgan fingerprint density at radius 2 is 1.56 bits per heavy atom. The first-order chi connectivity index (χ1) is 7.52. The molecule has 2 nitrogen and oxygen atoms in total. The zero-order valence-corrected chi connectivity index (χ0v) is 11.5. The normalized spacial score (nSPS) is 11.1. The molecule has 16 heavy (non-hydrogen) atoms. The van der Waals surface area contributed by atoms with Crippen molar-refractivity contribution in [3.05, 3.63) is 0 Å². The molecule has 0 aromatic heterocycles. The number of nitrogens with one attached hydrogen (secondary N) is 1. The number of rotatable bonds is 9.